The van der Waals surface area contributed by atoms with Gasteiger partial charge < -0.3 is 5.32 Å². The van der Waals surface area contributed by atoms with E-state index in [0.29, 0.717) is 0 Å². The van der Waals surface area contributed by atoms with Gasteiger partial charge in [0.05, 0.1) is 10.5 Å². The van der Waals surface area contributed by atoms with Gasteiger partial charge in [0.25, 0.3) is 5.91 Å². The van der Waals surface area contributed by atoms with Crippen LogP contribution >= 0.6 is 0 Å². The van der Waals surface area contributed by atoms with Gasteiger partial charge in [-0.15, -0.1) is 0 Å². The van der Waals surface area contributed by atoms with Crippen LogP contribution in [0.1, 0.15) is 27.0 Å². The largest absolute Gasteiger partial charge is 0.416 e. The van der Waals surface area contributed by atoms with Crippen molar-refractivity contribution < 1.29 is 26.4 Å². The molecule has 0 heterocycles. The van der Waals surface area contributed by atoms with Gasteiger partial charge in [-0.25, -0.2) is 13.1 Å². The topological polar surface area (TPSA) is 75.3 Å². The summed E-state index contributed by atoms with van der Waals surface area (Å²) in [5, 5.41) is 2.45. The summed E-state index contributed by atoms with van der Waals surface area (Å²) in [6, 6.07) is 8.52. The monoisotopic (exact) mass is 400 g/mol. The molecule has 0 aliphatic rings. The Morgan fingerprint density at radius 1 is 0.963 bits per heavy atom. The number of carbonyl (C=O) groups is 1. The molecule has 0 aliphatic carbocycles. The van der Waals surface area contributed by atoms with E-state index in [2.05, 4.69) is 10.0 Å². The number of hydrogen-bond donors (Lipinski definition) is 2. The van der Waals surface area contributed by atoms with Crippen molar-refractivity contribution in [3.63, 3.8) is 0 Å². The summed E-state index contributed by atoms with van der Waals surface area (Å²) < 4.78 is 64.3. The predicted molar refractivity (Wildman–Crippen MR) is 94.9 cm³/mol. The summed E-state index contributed by atoms with van der Waals surface area (Å²) in [6.07, 6.45) is -4.47. The van der Waals surface area contributed by atoms with E-state index in [9.17, 15) is 26.4 Å². The minimum Gasteiger partial charge on any atom is -0.351 e. The molecule has 146 valence electrons. The van der Waals surface area contributed by atoms with Gasteiger partial charge in [0.2, 0.25) is 10.0 Å². The van der Waals surface area contributed by atoms with Gasteiger partial charge in [-0.1, -0.05) is 6.07 Å². The number of benzene rings is 2. The first-order valence-electron chi connectivity index (χ1n) is 8.03. The second-order valence-corrected chi connectivity index (χ2v) is 7.74. The number of amides is 1. The Hall–Kier alpha value is -2.39. The van der Waals surface area contributed by atoms with Crippen molar-refractivity contribution >= 4 is 15.9 Å². The molecule has 0 fully saturated rings. The molecule has 0 radical (unpaired) electrons. The first-order valence-corrected chi connectivity index (χ1v) is 9.51. The first kappa shape index (κ1) is 20.9. The van der Waals surface area contributed by atoms with Crippen LogP contribution in [-0.4, -0.2) is 27.4 Å². The lowest BCUT2D eigenvalue weighted by molar-refractivity contribution is -0.137. The normalized spacial score (nSPS) is 12.0. The first-order chi connectivity index (χ1) is 12.5. The van der Waals surface area contributed by atoms with Crippen LogP contribution in [0.5, 0.6) is 0 Å². The van der Waals surface area contributed by atoms with E-state index >= 15 is 0 Å². The predicted octanol–water partition coefficient (Wildman–Crippen LogP) is 3.03. The molecule has 2 aromatic rings. The fourth-order valence-corrected chi connectivity index (χ4v) is 3.36. The maximum Gasteiger partial charge on any atom is 0.416 e. The van der Waals surface area contributed by atoms with Crippen LogP contribution in [0.3, 0.4) is 0 Å². The third kappa shape index (κ3) is 5.54. The number of rotatable bonds is 6. The second-order valence-electron chi connectivity index (χ2n) is 5.97. The lowest BCUT2D eigenvalue weighted by atomic mass is 10.1. The highest BCUT2D eigenvalue weighted by Gasteiger charge is 2.30. The Labute approximate surface area is 155 Å². The van der Waals surface area contributed by atoms with Crippen LogP contribution in [0.4, 0.5) is 13.2 Å². The smallest absolute Gasteiger partial charge is 0.351 e. The lowest BCUT2D eigenvalue weighted by Crippen LogP contribution is -2.34. The van der Waals surface area contributed by atoms with Gasteiger partial charge in [-0.05, 0) is 61.4 Å². The van der Waals surface area contributed by atoms with Crippen LogP contribution in [0.15, 0.2) is 47.4 Å². The summed E-state index contributed by atoms with van der Waals surface area (Å²) in [5.74, 6) is -0.589. The second kappa shape index (κ2) is 8.10. The Kier molecular flexibility index (Phi) is 6.27. The van der Waals surface area contributed by atoms with Crippen molar-refractivity contribution in [3.05, 3.63) is 64.7 Å². The third-order valence-corrected chi connectivity index (χ3v) is 5.42. The summed E-state index contributed by atoms with van der Waals surface area (Å²) in [5.41, 5.74) is 1.02. The molecule has 0 atom stereocenters. The molecule has 0 saturated carbocycles. The number of halogens is 3. The van der Waals surface area contributed by atoms with E-state index in [1.807, 2.05) is 6.92 Å². The molecule has 5 nitrogen and oxygen atoms in total. The average Bonchev–Trinajstić information content (AvgIpc) is 2.60. The van der Waals surface area contributed by atoms with E-state index in [4.69, 9.17) is 0 Å². The number of carbonyl (C=O) groups excluding carboxylic acids is 1. The quantitative estimate of drug-likeness (QED) is 0.732. The highest BCUT2D eigenvalue weighted by atomic mass is 32.2. The average molecular weight is 400 g/mol. The number of sulfonamides is 1. The SMILES string of the molecule is Cc1ccc(S(=O)(=O)NCCNC(=O)c2ccc(C(F)(F)F)cc2)cc1C. The fraction of sp³-hybridized carbons (Fsp3) is 0.278. The van der Waals surface area contributed by atoms with E-state index < -0.39 is 27.7 Å². The van der Waals surface area contributed by atoms with Crippen molar-refractivity contribution in [3.8, 4) is 0 Å². The van der Waals surface area contributed by atoms with Gasteiger partial charge in [-0.3, -0.25) is 4.79 Å². The molecule has 0 aliphatic heterocycles. The minimum absolute atomic E-state index is 0.00999. The molecule has 1 amide bonds. The van der Waals surface area contributed by atoms with Gasteiger partial charge in [0, 0.05) is 18.7 Å². The highest BCUT2D eigenvalue weighted by molar-refractivity contribution is 7.89. The molecule has 0 aromatic heterocycles. The standard InChI is InChI=1S/C18H19F3N2O3S/c1-12-3-8-16(11-13(12)2)27(25,26)23-10-9-22-17(24)14-4-6-15(7-5-14)18(19,20)21/h3-8,11,23H,9-10H2,1-2H3,(H,22,24). The molecule has 0 unspecified atom stereocenters. The zero-order valence-corrected chi connectivity index (χ0v) is 15.5. The van der Waals surface area contributed by atoms with Gasteiger partial charge in [0.15, 0.2) is 0 Å². The molecule has 27 heavy (non-hydrogen) atoms. The minimum atomic E-state index is -4.47. The van der Waals surface area contributed by atoms with Gasteiger partial charge in [0.1, 0.15) is 0 Å². The fourth-order valence-electron chi connectivity index (χ4n) is 2.24. The van der Waals surface area contributed by atoms with E-state index in [0.717, 1.165) is 35.4 Å². The molecule has 2 N–H and O–H groups in total. The highest BCUT2D eigenvalue weighted by Crippen LogP contribution is 2.29. The van der Waals surface area contributed by atoms with E-state index in [-0.39, 0.29) is 23.5 Å². The van der Waals surface area contributed by atoms with Crippen molar-refractivity contribution in [1.82, 2.24) is 10.0 Å². The van der Waals surface area contributed by atoms with Crippen LogP contribution in [0, 0.1) is 13.8 Å². The summed E-state index contributed by atoms with van der Waals surface area (Å²) in [4.78, 5) is 12.0. The third-order valence-electron chi connectivity index (χ3n) is 3.97. The van der Waals surface area contributed by atoms with Crippen LogP contribution < -0.4 is 10.0 Å². The van der Waals surface area contributed by atoms with E-state index in [1.54, 1.807) is 19.1 Å². The van der Waals surface area contributed by atoms with E-state index in [1.165, 1.54) is 6.07 Å². The lowest BCUT2D eigenvalue weighted by Gasteiger charge is -2.10. The summed E-state index contributed by atoms with van der Waals surface area (Å²) >= 11 is 0. The Bertz CT molecular complexity index is 924. The van der Waals surface area contributed by atoms with Crippen LogP contribution in [-0.2, 0) is 16.2 Å². The molecular weight excluding hydrogens is 381 g/mol. The van der Waals surface area contributed by atoms with Gasteiger partial charge >= 0.3 is 6.18 Å². The van der Waals surface area contributed by atoms with Gasteiger partial charge in [-0.2, -0.15) is 13.2 Å². The van der Waals surface area contributed by atoms with Crippen molar-refractivity contribution in [2.45, 2.75) is 24.9 Å². The molecule has 0 spiro atoms. The molecule has 2 rings (SSSR count). The zero-order chi connectivity index (χ0) is 20.2. The Balaban J connectivity index is 1.88. The molecule has 9 heteroatoms. The number of alkyl halides is 3. The number of nitrogens with one attached hydrogen (secondary N) is 2. The van der Waals surface area contributed by atoms with Crippen molar-refractivity contribution in [1.29, 1.82) is 0 Å². The molecule has 2 aromatic carbocycles. The summed E-state index contributed by atoms with van der Waals surface area (Å²) in [7, 11) is -3.71. The van der Waals surface area contributed by atoms with Crippen molar-refractivity contribution in [2.24, 2.45) is 0 Å². The van der Waals surface area contributed by atoms with Crippen LogP contribution in [0.2, 0.25) is 0 Å². The molecule has 0 saturated heterocycles. The molecule has 0 bridgehead atoms. The maximum atomic E-state index is 12.5. The zero-order valence-electron chi connectivity index (χ0n) is 14.7. The number of hydrogen-bond acceptors (Lipinski definition) is 3. The molecular formula is C18H19F3N2O3S. The number of aryl methyl sites for hydroxylation is 2. The Morgan fingerprint density at radius 3 is 2.15 bits per heavy atom. The van der Waals surface area contributed by atoms with Crippen molar-refractivity contribution in [2.75, 3.05) is 13.1 Å². The van der Waals surface area contributed by atoms with Crippen LogP contribution in [0.25, 0.3) is 0 Å². The Morgan fingerprint density at radius 2 is 1.59 bits per heavy atom. The maximum absolute atomic E-state index is 12.5. The summed E-state index contributed by atoms with van der Waals surface area (Å²) in [6.45, 7) is 3.61.